The van der Waals surface area contributed by atoms with Crippen molar-refractivity contribution in [3.63, 3.8) is 0 Å². The number of hydrogen-bond acceptors (Lipinski definition) is 8. The Morgan fingerprint density at radius 2 is 1.75 bits per heavy atom. The maximum Gasteiger partial charge on any atom is 0.338 e. The minimum absolute atomic E-state index is 0.253. The van der Waals surface area contributed by atoms with Crippen molar-refractivity contribution in [2.24, 2.45) is 4.99 Å². The summed E-state index contributed by atoms with van der Waals surface area (Å²) < 4.78 is 12.4. The first-order chi connectivity index (χ1) is 17.2. The lowest BCUT2D eigenvalue weighted by molar-refractivity contribution is -0.143. The molecule has 0 aliphatic carbocycles. The number of carbonyl (C=O) groups is 2. The normalized spacial score (nSPS) is 15.5. The van der Waals surface area contributed by atoms with Gasteiger partial charge in [0.15, 0.2) is 4.80 Å². The van der Waals surface area contributed by atoms with Gasteiger partial charge in [0.25, 0.3) is 5.56 Å². The molecule has 186 valence electrons. The molecule has 1 aliphatic rings. The Morgan fingerprint density at radius 1 is 1.08 bits per heavy atom. The average Bonchev–Trinajstić information content (AvgIpc) is 3.17. The molecule has 9 heteroatoms. The van der Waals surface area contributed by atoms with Gasteiger partial charge in [0.05, 0.1) is 40.6 Å². The second-order valence-corrected chi connectivity index (χ2v) is 10.3. The van der Waals surface area contributed by atoms with Crippen LogP contribution < -0.4 is 14.9 Å². The van der Waals surface area contributed by atoms with Crippen LogP contribution in [0.3, 0.4) is 0 Å². The van der Waals surface area contributed by atoms with E-state index in [-0.39, 0.29) is 17.2 Å². The Morgan fingerprint density at radius 3 is 2.33 bits per heavy atom. The first-order valence-electron chi connectivity index (χ1n) is 11.3. The predicted molar refractivity (Wildman–Crippen MR) is 141 cm³/mol. The molecule has 0 fully saturated rings. The van der Waals surface area contributed by atoms with E-state index in [0.29, 0.717) is 26.2 Å². The van der Waals surface area contributed by atoms with E-state index in [4.69, 9.17) is 9.47 Å². The molecule has 1 aliphatic heterocycles. The number of rotatable bonds is 6. The molecule has 3 aromatic rings. The summed E-state index contributed by atoms with van der Waals surface area (Å²) in [6.45, 7) is 5.28. The number of thiazole rings is 1. The molecule has 36 heavy (non-hydrogen) atoms. The molecule has 1 aromatic heterocycles. The van der Waals surface area contributed by atoms with Crippen molar-refractivity contribution in [3.05, 3.63) is 96.2 Å². The number of fused-ring (bicyclic) bond motifs is 1. The van der Waals surface area contributed by atoms with Crippen LogP contribution in [0.15, 0.2) is 74.5 Å². The molecular formula is C27H26N2O5S2. The van der Waals surface area contributed by atoms with Crippen LogP contribution in [0.5, 0.6) is 0 Å². The number of esters is 2. The molecule has 0 bridgehead atoms. The zero-order valence-electron chi connectivity index (χ0n) is 20.6. The Bertz CT molecular complexity index is 1510. The molecule has 2 heterocycles. The van der Waals surface area contributed by atoms with Gasteiger partial charge in [-0.15, -0.1) is 11.8 Å². The molecule has 4 rings (SSSR count). The summed E-state index contributed by atoms with van der Waals surface area (Å²) in [6.07, 6.45) is 3.50. The molecule has 0 radical (unpaired) electrons. The third kappa shape index (κ3) is 5.08. The van der Waals surface area contributed by atoms with Crippen LogP contribution in [-0.4, -0.2) is 36.0 Å². The number of nitrogens with zero attached hydrogens (tertiary/aromatic N) is 2. The maximum atomic E-state index is 13.7. The fourth-order valence-corrected chi connectivity index (χ4v) is 5.40. The minimum Gasteiger partial charge on any atom is -0.465 e. The van der Waals surface area contributed by atoms with Gasteiger partial charge in [0.2, 0.25) is 0 Å². The van der Waals surface area contributed by atoms with Crippen molar-refractivity contribution in [1.29, 1.82) is 0 Å². The highest BCUT2D eigenvalue weighted by molar-refractivity contribution is 7.98. The first-order valence-corrected chi connectivity index (χ1v) is 13.3. The second-order valence-electron chi connectivity index (χ2n) is 8.42. The quantitative estimate of drug-likeness (QED) is 0.363. The second kappa shape index (κ2) is 10.7. The standard InChI is InChI=1S/C27H26N2O5S2/c1-15(2)34-26(32)22-16(3)28-27-29(23(22)18-8-10-19(11-9-18)25(31)33-4)24(30)21(36-27)14-17-6-12-20(35-5)13-7-17/h6-15,23H,1-5H3. The Hall–Kier alpha value is -3.43. The number of aromatic nitrogens is 1. The third-order valence-corrected chi connectivity index (χ3v) is 7.37. The van der Waals surface area contributed by atoms with E-state index in [2.05, 4.69) is 4.99 Å². The minimum atomic E-state index is -0.750. The van der Waals surface area contributed by atoms with Gasteiger partial charge in [-0.05, 0) is 68.5 Å². The average molecular weight is 523 g/mol. The molecule has 7 nitrogen and oxygen atoms in total. The highest BCUT2D eigenvalue weighted by Gasteiger charge is 2.33. The molecule has 1 unspecified atom stereocenters. The number of benzene rings is 2. The lowest BCUT2D eigenvalue weighted by Gasteiger charge is -2.25. The van der Waals surface area contributed by atoms with Crippen LogP contribution in [0.1, 0.15) is 48.3 Å². The van der Waals surface area contributed by atoms with Gasteiger partial charge in [-0.1, -0.05) is 35.6 Å². The zero-order chi connectivity index (χ0) is 26.0. The molecular weight excluding hydrogens is 496 g/mol. The zero-order valence-corrected chi connectivity index (χ0v) is 22.2. The summed E-state index contributed by atoms with van der Waals surface area (Å²) in [7, 11) is 1.31. The van der Waals surface area contributed by atoms with E-state index in [1.807, 2.05) is 36.6 Å². The number of carbonyl (C=O) groups excluding carboxylic acids is 2. The van der Waals surface area contributed by atoms with Crippen LogP contribution in [0.2, 0.25) is 0 Å². The molecule has 0 saturated carbocycles. The Kier molecular flexibility index (Phi) is 7.61. The van der Waals surface area contributed by atoms with Crippen molar-refractivity contribution in [2.45, 2.75) is 37.8 Å². The highest BCUT2D eigenvalue weighted by atomic mass is 32.2. The molecule has 0 N–H and O–H groups in total. The number of hydrogen-bond donors (Lipinski definition) is 0. The number of allylic oxidation sites excluding steroid dienone is 1. The van der Waals surface area contributed by atoms with Crippen molar-refractivity contribution >= 4 is 41.1 Å². The van der Waals surface area contributed by atoms with E-state index in [1.165, 1.54) is 23.0 Å². The van der Waals surface area contributed by atoms with E-state index in [0.717, 1.165) is 10.5 Å². The predicted octanol–water partition coefficient (Wildman–Crippen LogP) is 3.70. The van der Waals surface area contributed by atoms with Gasteiger partial charge >= 0.3 is 11.9 Å². The summed E-state index contributed by atoms with van der Waals surface area (Å²) in [5.41, 5.74) is 2.45. The monoisotopic (exact) mass is 522 g/mol. The fourth-order valence-electron chi connectivity index (χ4n) is 3.95. The largest absolute Gasteiger partial charge is 0.465 e. The van der Waals surface area contributed by atoms with Crippen LogP contribution in [0.4, 0.5) is 0 Å². The Balaban J connectivity index is 1.89. The summed E-state index contributed by atoms with van der Waals surface area (Å²) in [5.74, 6) is -1.00. The summed E-state index contributed by atoms with van der Waals surface area (Å²) >= 11 is 2.92. The van der Waals surface area contributed by atoms with Crippen molar-refractivity contribution in [1.82, 2.24) is 4.57 Å². The van der Waals surface area contributed by atoms with Crippen molar-refractivity contribution in [2.75, 3.05) is 13.4 Å². The number of ether oxygens (including phenoxy) is 2. The number of methoxy groups -OCH3 is 1. The maximum absolute atomic E-state index is 13.7. The lowest BCUT2D eigenvalue weighted by Crippen LogP contribution is -2.40. The lowest BCUT2D eigenvalue weighted by atomic mass is 9.95. The molecule has 2 aromatic carbocycles. The van der Waals surface area contributed by atoms with E-state index < -0.39 is 18.0 Å². The first kappa shape index (κ1) is 25.7. The molecule has 0 spiro atoms. The van der Waals surface area contributed by atoms with Crippen LogP contribution >= 0.6 is 23.1 Å². The van der Waals surface area contributed by atoms with Gasteiger partial charge in [0.1, 0.15) is 0 Å². The van der Waals surface area contributed by atoms with Gasteiger partial charge in [0, 0.05) is 4.90 Å². The van der Waals surface area contributed by atoms with Crippen LogP contribution in [0, 0.1) is 0 Å². The third-order valence-electron chi connectivity index (χ3n) is 5.65. The van der Waals surface area contributed by atoms with Gasteiger partial charge in [-0.25, -0.2) is 14.6 Å². The van der Waals surface area contributed by atoms with Crippen LogP contribution in [-0.2, 0) is 14.3 Å². The smallest absolute Gasteiger partial charge is 0.338 e. The Labute approximate surface area is 216 Å². The molecule has 0 saturated heterocycles. The summed E-state index contributed by atoms with van der Waals surface area (Å²) in [6, 6.07) is 13.9. The van der Waals surface area contributed by atoms with E-state index >= 15 is 0 Å². The van der Waals surface area contributed by atoms with Gasteiger partial charge < -0.3 is 9.47 Å². The summed E-state index contributed by atoms with van der Waals surface area (Å²) in [5, 5.41) is 0. The van der Waals surface area contributed by atoms with E-state index in [9.17, 15) is 14.4 Å². The van der Waals surface area contributed by atoms with Crippen LogP contribution in [0.25, 0.3) is 6.08 Å². The van der Waals surface area contributed by atoms with E-state index in [1.54, 1.807) is 56.8 Å². The fraction of sp³-hybridized carbons (Fsp3) is 0.259. The topological polar surface area (TPSA) is 87.0 Å². The molecule has 0 amide bonds. The SMILES string of the molecule is COC(=O)c1ccc(C2C(C(=O)OC(C)C)=C(C)N=c3sc(=Cc4ccc(SC)cc4)c(=O)n32)cc1. The van der Waals surface area contributed by atoms with Gasteiger partial charge in [-0.2, -0.15) is 0 Å². The van der Waals surface area contributed by atoms with Gasteiger partial charge in [-0.3, -0.25) is 9.36 Å². The molecule has 1 atom stereocenters. The van der Waals surface area contributed by atoms with Crippen molar-refractivity contribution in [3.8, 4) is 0 Å². The summed E-state index contributed by atoms with van der Waals surface area (Å²) in [4.78, 5) is 45.0. The highest BCUT2D eigenvalue weighted by Crippen LogP contribution is 2.31. The van der Waals surface area contributed by atoms with Crippen molar-refractivity contribution < 1.29 is 19.1 Å². The number of thioether (sulfide) groups is 1.